The van der Waals surface area contributed by atoms with Crippen molar-refractivity contribution in [2.45, 2.75) is 39.2 Å². The van der Waals surface area contributed by atoms with Gasteiger partial charge in [0.2, 0.25) is 4.96 Å². The number of carbonyl (C=O) groups excluding carboxylic acids is 1. The van der Waals surface area contributed by atoms with E-state index in [9.17, 15) is 4.79 Å². The predicted octanol–water partition coefficient (Wildman–Crippen LogP) is 3.30. The first-order chi connectivity index (χ1) is 13.7. The average molecular weight is 392 g/mol. The van der Waals surface area contributed by atoms with Crippen molar-refractivity contribution in [3.05, 3.63) is 58.0 Å². The van der Waals surface area contributed by atoms with Crippen LogP contribution in [0, 0.1) is 6.92 Å². The Morgan fingerprint density at radius 1 is 1.25 bits per heavy atom. The number of hydrogen-bond acceptors (Lipinski definition) is 5. The minimum Gasteiger partial charge on any atom is -0.345 e. The second kappa shape index (κ2) is 6.87. The van der Waals surface area contributed by atoms with E-state index in [1.54, 1.807) is 11.3 Å². The van der Waals surface area contributed by atoms with E-state index in [1.807, 2.05) is 41.8 Å². The minimum absolute atomic E-state index is 0.152. The van der Waals surface area contributed by atoms with Gasteiger partial charge < -0.3 is 5.32 Å². The summed E-state index contributed by atoms with van der Waals surface area (Å²) in [4.78, 5) is 18.4. The third kappa shape index (κ3) is 2.90. The number of hydrogen-bond donors (Lipinski definition) is 2. The molecule has 1 aliphatic rings. The zero-order valence-electron chi connectivity index (χ0n) is 15.5. The summed E-state index contributed by atoms with van der Waals surface area (Å²) in [6.45, 7) is 2.30. The van der Waals surface area contributed by atoms with Crippen LogP contribution in [0.2, 0.25) is 0 Å². The smallest absolute Gasteiger partial charge is 0.272 e. The highest BCUT2D eigenvalue weighted by Crippen LogP contribution is 2.27. The van der Waals surface area contributed by atoms with Gasteiger partial charge in [0.05, 0.1) is 17.9 Å². The summed E-state index contributed by atoms with van der Waals surface area (Å²) in [6, 6.07) is 10.00. The molecule has 3 heterocycles. The molecule has 1 aliphatic carbocycles. The molecule has 1 amide bonds. The Hall–Kier alpha value is -3.00. The Morgan fingerprint density at radius 3 is 2.93 bits per heavy atom. The largest absolute Gasteiger partial charge is 0.345 e. The number of imidazole rings is 1. The molecule has 0 aliphatic heterocycles. The molecule has 5 rings (SSSR count). The van der Waals surface area contributed by atoms with Gasteiger partial charge in [-0.05, 0) is 32.6 Å². The molecular formula is C20H20N6OS. The molecule has 2 N–H and O–H groups in total. The number of rotatable bonds is 4. The molecule has 0 spiro atoms. The number of aromatic nitrogens is 5. The van der Waals surface area contributed by atoms with E-state index in [-0.39, 0.29) is 5.91 Å². The Morgan fingerprint density at radius 2 is 2.07 bits per heavy atom. The van der Waals surface area contributed by atoms with Gasteiger partial charge in [0.15, 0.2) is 5.69 Å². The van der Waals surface area contributed by atoms with Crippen molar-refractivity contribution in [2.75, 3.05) is 0 Å². The number of aryl methyl sites for hydroxylation is 2. The van der Waals surface area contributed by atoms with Crippen LogP contribution < -0.4 is 5.32 Å². The van der Waals surface area contributed by atoms with Gasteiger partial charge >= 0.3 is 0 Å². The van der Waals surface area contributed by atoms with Crippen molar-refractivity contribution < 1.29 is 4.79 Å². The van der Waals surface area contributed by atoms with E-state index in [0.717, 1.165) is 63.9 Å². The Labute approximate surface area is 165 Å². The van der Waals surface area contributed by atoms with Gasteiger partial charge in [0.1, 0.15) is 5.01 Å². The van der Waals surface area contributed by atoms with Crippen molar-refractivity contribution in [3.63, 3.8) is 0 Å². The number of nitrogens with zero attached hydrogens (tertiary/aromatic N) is 4. The van der Waals surface area contributed by atoms with Gasteiger partial charge in [0, 0.05) is 16.8 Å². The van der Waals surface area contributed by atoms with E-state index in [1.165, 1.54) is 0 Å². The summed E-state index contributed by atoms with van der Waals surface area (Å²) in [5.74, 6) is -0.152. The van der Waals surface area contributed by atoms with Gasteiger partial charge in [0.25, 0.3) is 5.91 Å². The fourth-order valence-corrected chi connectivity index (χ4v) is 4.55. The number of H-pyrrole nitrogens is 1. The zero-order valence-corrected chi connectivity index (χ0v) is 16.3. The zero-order chi connectivity index (χ0) is 19.1. The molecule has 0 radical (unpaired) electrons. The number of nitrogens with one attached hydrogen (secondary N) is 2. The van der Waals surface area contributed by atoms with Crippen LogP contribution in [-0.4, -0.2) is 30.7 Å². The quantitative estimate of drug-likeness (QED) is 0.558. The van der Waals surface area contributed by atoms with Crippen molar-refractivity contribution in [3.8, 4) is 11.3 Å². The summed E-state index contributed by atoms with van der Waals surface area (Å²) < 4.78 is 1.84. The van der Waals surface area contributed by atoms with Gasteiger partial charge in [-0.2, -0.15) is 10.2 Å². The summed E-state index contributed by atoms with van der Waals surface area (Å²) in [5, 5.41) is 15.8. The first-order valence-corrected chi connectivity index (χ1v) is 10.3. The van der Waals surface area contributed by atoms with E-state index < -0.39 is 0 Å². The van der Waals surface area contributed by atoms with Gasteiger partial charge in [-0.3, -0.25) is 9.89 Å². The fraction of sp³-hybridized carbons (Fsp3) is 0.300. The van der Waals surface area contributed by atoms with Gasteiger partial charge in [-0.25, -0.2) is 9.50 Å². The summed E-state index contributed by atoms with van der Waals surface area (Å²) in [6.07, 6.45) is 4.13. The molecule has 0 saturated carbocycles. The van der Waals surface area contributed by atoms with Crippen LogP contribution in [0.3, 0.4) is 0 Å². The Kier molecular flexibility index (Phi) is 4.20. The summed E-state index contributed by atoms with van der Waals surface area (Å²) >= 11 is 1.54. The second-order valence-electron chi connectivity index (χ2n) is 7.01. The number of fused-ring (bicyclic) bond motifs is 2. The highest BCUT2D eigenvalue weighted by atomic mass is 32.1. The standard InChI is InChI=1S/C20H20N6OS/c1-12-25-26-16(17(22-20(26)28-12)13-7-3-2-4-8-13)11-21-19(27)18-14-9-5-6-10-15(14)23-24-18/h2-4,7-8H,5-6,9-11H2,1H3,(H,21,27)(H,23,24). The lowest BCUT2D eigenvalue weighted by molar-refractivity contribution is 0.0944. The van der Waals surface area contributed by atoms with Gasteiger partial charge in [-0.1, -0.05) is 41.7 Å². The third-order valence-corrected chi connectivity index (χ3v) is 5.96. The van der Waals surface area contributed by atoms with Crippen LogP contribution in [0.15, 0.2) is 30.3 Å². The fourth-order valence-electron chi connectivity index (χ4n) is 3.79. The number of aromatic amines is 1. The van der Waals surface area contributed by atoms with Crippen LogP contribution in [0.4, 0.5) is 0 Å². The first-order valence-electron chi connectivity index (χ1n) is 9.45. The Bertz CT molecular complexity index is 1160. The lowest BCUT2D eigenvalue weighted by atomic mass is 9.96. The van der Waals surface area contributed by atoms with E-state index >= 15 is 0 Å². The average Bonchev–Trinajstić information content (AvgIpc) is 3.39. The molecule has 8 heteroatoms. The molecule has 3 aromatic heterocycles. The molecule has 1 aromatic carbocycles. The lowest BCUT2D eigenvalue weighted by Crippen LogP contribution is -2.25. The summed E-state index contributed by atoms with van der Waals surface area (Å²) in [7, 11) is 0. The molecular weight excluding hydrogens is 372 g/mol. The third-order valence-electron chi connectivity index (χ3n) is 5.13. The van der Waals surface area contributed by atoms with Crippen molar-refractivity contribution in [1.29, 1.82) is 0 Å². The molecule has 0 fully saturated rings. The molecule has 0 atom stereocenters. The lowest BCUT2D eigenvalue weighted by Gasteiger charge is -2.11. The van der Waals surface area contributed by atoms with Crippen LogP contribution >= 0.6 is 11.3 Å². The SMILES string of the molecule is Cc1nn2c(CNC(=O)c3n[nH]c4c3CCCC4)c(-c3ccccc3)nc2s1. The van der Waals surface area contributed by atoms with Crippen LogP contribution in [0.1, 0.15) is 45.3 Å². The highest BCUT2D eigenvalue weighted by Gasteiger charge is 2.23. The van der Waals surface area contributed by atoms with E-state index in [2.05, 4.69) is 20.6 Å². The maximum absolute atomic E-state index is 12.8. The minimum atomic E-state index is -0.152. The van der Waals surface area contributed by atoms with Crippen LogP contribution in [0.25, 0.3) is 16.2 Å². The highest BCUT2D eigenvalue weighted by molar-refractivity contribution is 7.16. The maximum atomic E-state index is 12.8. The van der Waals surface area contributed by atoms with Crippen LogP contribution in [0.5, 0.6) is 0 Å². The monoisotopic (exact) mass is 392 g/mol. The van der Waals surface area contributed by atoms with Gasteiger partial charge in [-0.15, -0.1) is 0 Å². The normalized spacial score (nSPS) is 13.6. The molecule has 142 valence electrons. The van der Waals surface area contributed by atoms with Crippen molar-refractivity contribution >= 4 is 22.2 Å². The topological polar surface area (TPSA) is 88.0 Å². The summed E-state index contributed by atoms with van der Waals surface area (Å²) in [5.41, 5.74) is 5.43. The first kappa shape index (κ1) is 17.1. The number of carbonyl (C=O) groups is 1. The molecule has 7 nitrogen and oxygen atoms in total. The second-order valence-corrected chi connectivity index (χ2v) is 8.17. The van der Waals surface area contributed by atoms with Crippen LogP contribution in [-0.2, 0) is 19.4 Å². The molecule has 0 bridgehead atoms. The van der Waals surface area contributed by atoms with Crippen molar-refractivity contribution in [2.24, 2.45) is 0 Å². The predicted molar refractivity (Wildman–Crippen MR) is 107 cm³/mol. The molecule has 0 saturated heterocycles. The molecule has 4 aromatic rings. The molecule has 0 unspecified atom stereocenters. The number of benzene rings is 1. The van der Waals surface area contributed by atoms with E-state index in [4.69, 9.17) is 4.98 Å². The molecule has 28 heavy (non-hydrogen) atoms. The van der Waals surface area contributed by atoms with Crippen molar-refractivity contribution in [1.82, 2.24) is 30.1 Å². The Balaban J connectivity index is 1.46. The maximum Gasteiger partial charge on any atom is 0.272 e. The number of amides is 1. The van der Waals surface area contributed by atoms with E-state index in [0.29, 0.717) is 12.2 Å².